The molecule has 0 bridgehead atoms. The molecule has 3 aromatic rings. The quantitative estimate of drug-likeness (QED) is 0.738. The summed E-state index contributed by atoms with van der Waals surface area (Å²) in [6.07, 6.45) is 1.35. The normalized spacial score (nSPS) is 10.2. The van der Waals surface area contributed by atoms with Gasteiger partial charge in [0, 0.05) is 22.5 Å². The lowest BCUT2D eigenvalue weighted by molar-refractivity contribution is 0.102. The van der Waals surface area contributed by atoms with Gasteiger partial charge in [-0.25, -0.2) is 9.97 Å². The van der Waals surface area contributed by atoms with Crippen molar-refractivity contribution in [2.75, 3.05) is 10.6 Å². The standard InChI is InChI=1S/C18H15ClN4O/c1-12-7-8-14(9-15(12)19)22-17-10-16(20-11-21-17)18(24)23-13-5-3-2-4-6-13/h2-11H,1H3,(H,23,24)(H,20,21,22). The lowest BCUT2D eigenvalue weighted by Gasteiger charge is -2.08. The molecule has 0 radical (unpaired) electrons. The highest BCUT2D eigenvalue weighted by atomic mass is 35.5. The number of rotatable bonds is 4. The largest absolute Gasteiger partial charge is 0.340 e. The second kappa shape index (κ2) is 7.10. The van der Waals surface area contributed by atoms with Gasteiger partial charge < -0.3 is 10.6 Å². The summed E-state index contributed by atoms with van der Waals surface area (Å²) in [5, 5.41) is 6.57. The fourth-order valence-electron chi connectivity index (χ4n) is 2.08. The fourth-order valence-corrected chi connectivity index (χ4v) is 2.27. The van der Waals surface area contributed by atoms with E-state index >= 15 is 0 Å². The van der Waals surface area contributed by atoms with E-state index in [2.05, 4.69) is 20.6 Å². The summed E-state index contributed by atoms with van der Waals surface area (Å²) in [7, 11) is 0. The van der Waals surface area contributed by atoms with Crippen LogP contribution < -0.4 is 10.6 Å². The van der Waals surface area contributed by atoms with Gasteiger partial charge in [-0.2, -0.15) is 0 Å². The number of hydrogen-bond donors (Lipinski definition) is 2. The molecule has 0 fully saturated rings. The van der Waals surface area contributed by atoms with Gasteiger partial charge >= 0.3 is 0 Å². The van der Waals surface area contributed by atoms with Crippen molar-refractivity contribution >= 4 is 34.7 Å². The summed E-state index contributed by atoms with van der Waals surface area (Å²) >= 11 is 6.12. The highest BCUT2D eigenvalue weighted by molar-refractivity contribution is 6.31. The summed E-state index contributed by atoms with van der Waals surface area (Å²) in [6.45, 7) is 1.93. The number of nitrogens with zero attached hydrogens (tertiary/aromatic N) is 2. The summed E-state index contributed by atoms with van der Waals surface area (Å²) < 4.78 is 0. The molecule has 0 spiro atoms. The van der Waals surface area contributed by atoms with E-state index in [-0.39, 0.29) is 11.6 Å². The second-order valence-electron chi connectivity index (χ2n) is 5.20. The number of aromatic nitrogens is 2. The third kappa shape index (κ3) is 3.88. The van der Waals surface area contributed by atoms with Crippen LogP contribution in [0.1, 0.15) is 16.1 Å². The molecule has 0 saturated carbocycles. The Kier molecular flexibility index (Phi) is 4.72. The third-order valence-corrected chi connectivity index (χ3v) is 3.78. The van der Waals surface area contributed by atoms with Gasteiger partial charge in [0.2, 0.25) is 0 Å². The van der Waals surface area contributed by atoms with Crippen LogP contribution in [0, 0.1) is 6.92 Å². The molecule has 2 aromatic carbocycles. The molecule has 1 heterocycles. The first kappa shape index (κ1) is 16.0. The van der Waals surface area contributed by atoms with Gasteiger partial charge in [-0.1, -0.05) is 35.9 Å². The number of para-hydroxylation sites is 1. The van der Waals surface area contributed by atoms with Crippen molar-refractivity contribution in [1.29, 1.82) is 0 Å². The molecule has 1 amide bonds. The van der Waals surface area contributed by atoms with Gasteiger partial charge in [-0.05, 0) is 36.8 Å². The van der Waals surface area contributed by atoms with E-state index in [4.69, 9.17) is 11.6 Å². The SMILES string of the molecule is Cc1ccc(Nc2cc(C(=O)Nc3ccccc3)ncn2)cc1Cl. The molecule has 1 aromatic heterocycles. The molecule has 0 atom stereocenters. The average Bonchev–Trinajstić information content (AvgIpc) is 2.59. The van der Waals surface area contributed by atoms with Crippen LogP contribution in [-0.4, -0.2) is 15.9 Å². The minimum absolute atomic E-state index is 0.273. The predicted molar refractivity (Wildman–Crippen MR) is 95.9 cm³/mol. The Morgan fingerprint density at radius 1 is 1.00 bits per heavy atom. The number of halogens is 1. The van der Waals surface area contributed by atoms with Crippen molar-refractivity contribution in [3.05, 3.63) is 77.2 Å². The lowest BCUT2D eigenvalue weighted by atomic mass is 10.2. The minimum atomic E-state index is -0.298. The van der Waals surface area contributed by atoms with E-state index in [1.807, 2.05) is 55.5 Å². The van der Waals surface area contributed by atoms with E-state index in [9.17, 15) is 4.79 Å². The molecule has 24 heavy (non-hydrogen) atoms. The number of amides is 1. The molecular formula is C18H15ClN4O. The van der Waals surface area contributed by atoms with Gasteiger partial charge in [0.25, 0.3) is 5.91 Å². The summed E-state index contributed by atoms with van der Waals surface area (Å²) in [5.74, 6) is 0.219. The molecule has 5 nitrogen and oxygen atoms in total. The second-order valence-corrected chi connectivity index (χ2v) is 5.60. The first-order valence-corrected chi connectivity index (χ1v) is 7.71. The van der Waals surface area contributed by atoms with E-state index in [1.54, 1.807) is 6.07 Å². The average molecular weight is 339 g/mol. The van der Waals surface area contributed by atoms with Gasteiger partial charge in [-0.3, -0.25) is 4.79 Å². The number of aryl methyl sites for hydroxylation is 1. The maximum atomic E-state index is 12.3. The Balaban J connectivity index is 1.76. The number of nitrogens with one attached hydrogen (secondary N) is 2. The van der Waals surface area contributed by atoms with E-state index in [0.29, 0.717) is 16.5 Å². The Morgan fingerprint density at radius 2 is 1.79 bits per heavy atom. The summed E-state index contributed by atoms with van der Waals surface area (Å²) in [5.41, 5.74) is 2.77. The van der Waals surface area contributed by atoms with Crippen molar-refractivity contribution < 1.29 is 4.79 Å². The molecular weight excluding hydrogens is 324 g/mol. The first-order chi connectivity index (χ1) is 11.6. The van der Waals surface area contributed by atoms with Crippen LogP contribution in [0.25, 0.3) is 0 Å². The zero-order valence-electron chi connectivity index (χ0n) is 13.0. The third-order valence-electron chi connectivity index (χ3n) is 3.38. The zero-order valence-corrected chi connectivity index (χ0v) is 13.7. The zero-order chi connectivity index (χ0) is 16.9. The van der Waals surface area contributed by atoms with Crippen LogP contribution >= 0.6 is 11.6 Å². The highest BCUT2D eigenvalue weighted by Crippen LogP contribution is 2.22. The Hall–Kier alpha value is -2.92. The molecule has 0 saturated heterocycles. The first-order valence-electron chi connectivity index (χ1n) is 7.33. The molecule has 0 aliphatic rings. The van der Waals surface area contributed by atoms with E-state index < -0.39 is 0 Å². The molecule has 6 heteroatoms. The molecule has 120 valence electrons. The molecule has 0 aliphatic heterocycles. The van der Waals surface area contributed by atoms with E-state index in [0.717, 1.165) is 11.3 Å². The Labute approximate surface area is 144 Å². The van der Waals surface area contributed by atoms with Gasteiger partial charge in [0.1, 0.15) is 17.8 Å². The fraction of sp³-hybridized carbons (Fsp3) is 0.0556. The van der Waals surface area contributed by atoms with Crippen molar-refractivity contribution in [2.24, 2.45) is 0 Å². The number of benzene rings is 2. The summed E-state index contributed by atoms with van der Waals surface area (Å²) in [4.78, 5) is 20.4. The number of carbonyl (C=O) groups is 1. The molecule has 2 N–H and O–H groups in total. The van der Waals surface area contributed by atoms with Crippen LogP contribution in [-0.2, 0) is 0 Å². The minimum Gasteiger partial charge on any atom is -0.340 e. The van der Waals surface area contributed by atoms with Gasteiger partial charge in [0.05, 0.1) is 0 Å². The van der Waals surface area contributed by atoms with Crippen molar-refractivity contribution in [3.8, 4) is 0 Å². The lowest BCUT2D eigenvalue weighted by Crippen LogP contribution is -2.14. The number of anilines is 3. The Bertz CT molecular complexity index is 868. The van der Waals surface area contributed by atoms with Crippen molar-refractivity contribution in [1.82, 2.24) is 9.97 Å². The van der Waals surface area contributed by atoms with Crippen LogP contribution in [0.2, 0.25) is 5.02 Å². The number of carbonyl (C=O) groups excluding carboxylic acids is 1. The molecule has 0 aliphatic carbocycles. The van der Waals surface area contributed by atoms with Crippen LogP contribution in [0.3, 0.4) is 0 Å². The van der Waals surface area contributed by atoms with Gasteiger partial charge in [0.15, 0.2) is 0 Å². The van der Waals surface area contributed by atoms with Crippen molar-refractivity contribution in [3.63, 3.8) is 0 Å². The topological polar surface area (TPSA) is 66.9 Å². The van der Waals surface area contributed by atoms with Gasteiger partial charge in [-0.15, -0.1) is 0 Å². The molecule has 0 unspecified atom stereocenters. The monoisotopic (exact) mass is 338 g/mol. The van der Waals surface area contributed by atoms with Crippen LogP contribution in [0.4, 0.5) is 17.2 Å². The van der Waals surface area contributed by atoms with Crippen LogP contribution in [0.5, 0.6) is 0 Å². The van der Waals surface area contributed by atoms with Crippen LogP contribution in [0.15, 0.2) is 60.9 Å². The number of hydrogen-bond acceptors (Lipinski definition) is 4. The Morgan fingerprint density at radius 3 is 2.54 bits per heavy atom. The highest BCUT2D eigenvalue weighted by Gasteiger charge is 2.09. The maximum absolute atomic E-state index is 12.3. The van der Waals surface area contributed by atoms with E-state index in [1.165, 1.54) is 6.33 Å². The molecule has 3 rings (SSSR count). The smallest absolute Gasteiger partial charge is 0.274 e. The predicted octanol–water partition coefficient (Wildman–Crippen LogP) is 4.43. The summed E-state index contributed by atoms with van der Waals surface area (Å²) in [6, 6.07) is 16.4. The van der Waals surface area contributed by atoms with Crippen molar-refractivity contribution in [2.45, 2.75) is 6.92 Å². The maximum Gasteiger partial charge on any atom is 0.274 e.